The van der Waals surface area contributed by atoms with Crippen LogP contribution in [0.2, 0.25) is 0 Å². The zero-order valence-electron chi connectivity index (χ0n) is 7.06. The van der Waals surface area contributed by atoms with E-state index in [1.54, 1.807) is 0 Å². The molecule has 0 saturated carbocycles. The van der Waals surface area contributed by atoms with E-state index in [1.807, 2.05) is 13.8 Å². The smallest absolute Gasteiger partial charge is 0.0512 e. The standard InChI is InChI=1S/C9H18O/c1-8(2)6-4-5-7-9(3)10/h9-10H,1,4-7H2,2-3H3. The Bertz CT molecular complexity index is 94.9. The molecule has 1 N–H and O–H groups in total. The number of hydrogen-bond donors (Lipinski definition) is 1. The van der Waals surface area contributed by atoms with Crippen molar-refractivity contribution in [2.24, 2.45) is 0 Å². The first kappa shape index (κ1) is 9.70. The van der Waals surface area contributed by atoms with Gasteiger partial charge in [0.2, 0.25) is 0 Å². The second kappa shape index (κ2) is 5.48. The van der Waals surface area contributed by atoms with Crippen molar-refractivity contribution in [1.82, 2.24) is 0 Å². The highest BCUT2D eigenvalue weighted by molar-refractivity contribution is 4.87. The first-order chi connectivity index (χ1) is 4.63. The van der Waals surface area contributed by atoms with E-state index in [-0.39, 0.29) is 6.10 Å². The van der Waals surface area contributed by atoms with Gasteiger partial charge < -0.3 is 5.11 Å². The van der Waals surface area contributed by atoms with Crippen LogP contribution in [0.1, 0.15) is 39.5 Å². The first-order valence-corrected chi connectivity index (χ1v) is 3.95. The summed E-state index contributed by atoms with van der Waals surface area (Å²) in [5.74, 6) is 0. The van der Waals surface area contributed by atoms with Crippen molar-refractivity contribution in [2.75, 3.05) is 0 Å². The maximum atomic E-state index is 8.90. The minimum atomic E-state index is -0.134. The average Bonchev–Trinajstić information content (AvgIpc) is 1.79. The van der Waals surface area contributed by atoms with Crippen LogP contribution in [0.3, 0.4) is 0 Å². The Morgan fingerprint density at radius 3 is 2.50 bits per heavy atom. The van der Waals surface area contributed by atoms with Crippen LogP contribution in [0, 0.1) is 0 Å². The quantitative estimate of drug-likeness (QED) is 0.462. The Hall–Kier alpha value is -0.300. The number of rotatable bonds is 5. The molecule has 10 heavy (non-hydrogen) atoms. The van der Waals surface area contributed by atoms with E-state index in [1.165, 1.54) is 12.0 Å². The van der Waals surface area contributed by atoms with Crippen molar-refractivity contribution in [3.8, 4) is 0 Å². The predicted molar refractivity (Wildman–Crippen MR) is 45.0 cm³/mol. The van der Waals surface area contributed by atoms with Crippen LogP contribution in [0.5, 0.6) is 0 Å². The van der Waals surface area contributed by atoms with Crippen molar-refractivity contribution in [1.29, 1.82) is 0 Å². The fourth-order valence-corrected chi connectivity index (χ4v) is 0.867. The normalized spacial score (nSPS) is 13.1. The molecule has 0 aliphatic heterocycles. The topological polar surface area (TPSA) is 20.2 Å². The maximum Gasteiger partial charge on any atom is 0.0512 e. The van der Waals surface area contributed by atoms with E-state index < -0.39 is 0 Å². The lowest BCUT2D eigenvalue weighted by Crippen LogP contribution is -1.98. The Labute approximate surface area is 63.8 Å². The van der Waals surface area contributed by atoms with Gasteiger partial charge in [-0.15, -0.1) is 6.58 Å². The third-order valence-corrected chi connectivity index (χ3v) is 1.48. The first-order valence-electron chi connectivity index (χ1n) is 3.95. The van der Waals surface area contributed by atoms with Crippen molar-refractivity contribution >= 4 is 0 Å². The summed E-state index contributed by atoms with van der Waals surface area (Å²) in [6, 6.07) is 0. The summed E-state index contributed by atoms with van der Waals surface area (Å²) in [6.45, 7) is 7.69. The Morgan fingerprint density at radius 1 is 1.50 bits per heavy atom. The lowest BCUT2D eigenvalue weighted by molar-refractivity contribution is 0.180. The lowest BCUT2D eigenvalue weighted by Gasteiger charge is -2.02. The van der Waals surface area contributed by atoms with Crippen LogP contribution in [-0.4, -0.2) is 11.2 Å². The van der Waals surface area contributed by atoms with Crippen LogP contribution >= 0.6 is 0 Å². The second-order valence-electron chi connectivity index (χ2n) is 3.05. The largest absolute Gasteiger partial charge is 0.393 e. The van der Waals surface area contributed by atoms with Gasteiger partial charge in [0, 0.05) is 0 Å². The summed E-state index contributed by atoms with van der Waals surface area (Å²) in [7, 11) is 0. The number of unbranched alkanes of at least 4 members (excludes halogenated alkanes) is 1. The molecule has 0 aromatic carbocycles. The second-order valence-corrected chi connectivity index (χ2v) is 3.05. The monoisotopic (exact) mass is 142 g/mol. The predicted octanol–water partition coefficient (Wildman–Crippen LogP) is 2.50. The summed E-state index contributed by atoms with van der Waals surface area (Å²) in [5, 5.41) is 8.90. The van der Waals surface area contributed by atoms with E-state index in [4.69, 9.17) is 5.11 Å². The Morgan fingerprint density at radius 2 is 2.10 bits per heavy atom. The van der Waals surface area contributed by atoms with E-state index in [0.717, 1.165) is 19.3 Å². The van der Waals surface area contributed by atoms with Crippen LogP contribution in [0.15, 0.2) is 12.2 Å². The summed E-state index contributed by atoms with van der Waals surface area (Å²) in [5.41, 5.74) is 1.24. The van der Waals surface area contributed by atoms with Crippen molar-refractivity contribution in [3.63, 3.8) is 0 Å². The minimum Gasteiger partial charge on any atom is -0.393 e. The average molecular weight is 142 g/mol. The van der Waals surface area contributed by atoms with Gasteiger partial charge in [0.25, 0.3) is 0 Å². The van der Waals surface area contributed by atoms with Gasteiger partial charge in [-0.25, -0.2) is 0 Å². The SMILES string of the molecule is C=C(C)CCCCC(C)O. The summed E-state index contributed by atoms with van der Waals surface area (Å²) < 4.78 is 0. The number of allylic oxidation sites excluding steroid dienone is 1. The number of aliphatic hydroxyl groups is 1. The van der Waals surface area contributed by atoms with Crippen LogP contribution in [0.25, 0.3) is 0 Å². The molecule has 1 nitrogen and oxygen atoms in total. The molecule has 1 heteroatoms. The van der Waals surface area contributed by atoms with Gasteiger partial charge in [0.05, 0.1) is 6.10 Å². The van der Waals surface area contributed by atoms with E-state index >= 15 is 0 Å². The van der Waals surface area contributed by atoms with E-state index in [9.17, 15) is 0 Å². The molecule has 1 unspecified atom stereocenters. The highest BCUT2D eigenvalue weighted by atomic mass is 16.3. The zero-order valence-corrected chi connectivity index (χ0v) is 7.06. The minimum absolute atomic E-state index is 0.134. The van der Waals surface area contributed by atoms with Gasteiger partial charge in [-0.2, -0.15) is 0 Å². The molecule has 0 aromatic heterocycles. The summed E-state index contributed by atoms with van der Waals surface area (Å²) >= 11 is 0. The van der Waals surface area contributed by atoms with Crippen molar-refractivity contribution < 1.29 is 5.11 Å². The third-order valence-electron chi connectivity index (χ3n) is 1.48. The van der Waals surface area contributed by atoms with Crippen molar-refractivity contribution in [2.45, 2.75) is 45.6 Å². The fourth-order valence-electron chi connectivity index (χ4n) is 0.867. The van der Waals surface area contributed by atoms with Gasteiger partial charge >= 0.3 is 0 Å². The molecule has 0 fully saturated rings. The molecule has 0 saturated heterocycles. The van der Waals surface area contributed by atoms with Gasteiger partial charge in [-0.1, -0.05) is 12.0 Å². The molecule has 0 aliphatic carbocycles. The summed E-state index contributed by atoms with van der Waals surface area (Å²) in [4.78, 5) is 0. The van der Waals surface area contributed by atoms with Crippen molar-refractivity contribution in [3.05, 3.63) is 12.2 Å². The molecule has 60 valence electrons. The molecule has 0 amide bonds. The molecule has 0 spiro atoms. The van der Waals surface area contributed by atoms with Gasteiger partial charge in [-0.05, 0) is 33.1 Å². The van der Waals surface area contributed by atoms with Crippen LogP contribution in [0.4, 0.5) is 0 Å². The van der Waals surface area contributed by atoms with Gasteiger partial charge in [0.15, 0.2) is 0 Å². The van der Waals surface area contributed by atoms with E-state index in [2.05, 4.69) is 6.58 Å². The van der Waals surface area contributed by atoms with Crippen LogP contribution in [-0.2, 0) is 0 Å². The highest BCUT2D eigenvalue weighted by Gasteiger charge is 1.94. The lowest BCUT2D eigenvalue weighted by atomic mass is 10.1. The maximum absolute atomic E-state index is 8.90. The molecular formula is C9H18O. The third kappa shape index (κ3) is 7.70. The Kier molecular flexibility index (Phi) is 5.32. The van der Waals surface area contributed by atoms with Gasteiger partial charge in [-0.3, -0.25) is 0 Å². The summed E-state index contributed by atoms with van der Waals surface area (Å²) in [6.07, 6.45) is 4.18. The van der Waals surface area contributed by atoms with Crippen LogP contribution < -0.4 is 0 Å². The molecule has 0 radical (unpaired) electrons. The zero-order chi connectivity index (χ0) is 7.98. The molecule has 0 bridgehead atoms. The molecular weight excluding hydrogens is 124 g/mol. The molecule has 0 heterocycles. The van der Waals surface area contributed by atoms with Gasteiger partial charge in [0.1, 0.15) is 0 Å². The fraction of sp³-hybridized carbons (Fsp3) is 0.778. The molecule has 0 aromatic rings. The highest BCUT2D eigenvalue weighted by Crippen LogP contribution is 2.07. The molecule has 1 atom stereocenters. The molecule has 0 aliphatic rings. The van der Waals surface area contributed by atoms with E-state index in [0.29, 0.717) is 0 Å². The Balaban J connectivity index is 2.98. The number of aliphatic hydroxyl groups excluding tert-OH is 1. The number of hydrogen-bond acceptors (Lipinski definition) is 1. The molecule has 0 rings (SSSR count).